The molecule has 0 saturated heterocycles. The Labute approximate surface area is 151 Å². The van der Waals surface area contributed by atoms with Gasteiger partial charge in [0.2, 0.25) is 5.91 Å². The maximum Gasteiger partial charge on any atom is 0.250 e. The summed E-state index contributed by atoms with van der Waals surface area (Å²) in [6, 6.07) is 7.42. The Morgan fingerprint density at radius 3 is 2.50 bits per heavy atom. The van der Waals surface area contributed by atoms with E-state index in [0.717, 1.165) is 16.9 Å². The summed E-state index contributed by atoms with van der Waals surface area (Å²) in [5.41, 5.74) is 1.42. The molecule has 0 bridgehead atoms. The van der Waals surface area contributed by atoms with E-state index in [1.54, 1.807) is 43.5 Å². The van der Waals surface area contributed by atoms with Crippen molar-refractivity contribution in [3.8, 4) is 0 Å². The summed E-state index contributed by atoms with van der Waals surface area (Å²) in [6.07, 6.45) is 0. The number of rotatable bonds is 6. The van der Waals surface area contributed by atoms with Crippen LogP contribution in [-0.2, 0) is 14.8 Å². The summed E-state index contributed by atoms with van der Waals surface area (Å²) < 4.78 is 27.4. The number of anilines is 1. The molecule has 2 N–H and O–H groups in total. The average molecular weight is 387 g/mol. The summed E-state index contributed by atoms with van der Waals surface area (Å²) in [5, 5.41) is 4.92. The molecule has 0 fully saturated rings. The van der Waals surface area contributed by atoms with Crippen LogP contribution in [0, 0.1) is 12.8 Å². The number of thiophene rings is 1. The number of amides is 1. The second-order valence-electron chi connectivity index (χ2n) is 5.73. The van der Waals surface area contributed by atoms with Crippen molar-refractivity contribution in [2.24, 2.45) is 5.92 Å². The molecule has 0 spiro atoms. The standard InChI is InChI=1S/C16H19ClN2O3S2/c1-10(2)15(19-24(21,22)14-5-4-8-23-14)16(20)18-12-7-6-11(3)13(17)9-12/h4-10,15,19H,1-3H3,(H,18,20)/t15-/m1/s1. The predicted octanol–water partition coefficient (Wildman–Crippen LogP) is 3.65. The number of aryl methyl sites for hydroxylation is 1. The van der Waals surface area contributed by atoms with Gasteiger partial charge >= 0.3 is 0 Å². The molecule has 0 radical (unpaired) electrons. The van der Waals surface area contributed by atoms with E-state index in [9.17, 15) is 13.2 Å². The molecule has 0 saturated carbocycles. The Morgan fingerprint density at radius 2 is 1.96 bits per heavy atom. The summed E-state index contributed by atoms with van der Waals surface area (Å²) in [7, 11) is -3.73. The van der Waals surface area contributed by atoms with Crippen LogP contribution in [0.5, 0.6) is 0 Å². The summed E-state index contributed by atoms with van der Waals surface area (Å²) in [5.74, 6) is -0.647. The first-order chi connectivity index (χ1) is 11.2. The van der Waals surface area contributed by atoms with E-state index in [0.29, 0.717) is 10.7 Å². The van der Waals surface area contributed by atoms with Crippen LogP contribution in [0.3, 0.4) is 0 Å². The van der Waals surface area contributed by atoms with Crippen LogP contribution in [0.25, 0.3) is 0 Å². The number of hydrogen-bond donors (Lipinski definition) is 2. The first-order valence-electron chi connectivity index (χ1n) is 7.33. The molecule has 2 aromatic rings. The van der Waals surface area contributed by atoms with E-state index in [1.165, 1.54) is 6.07 Å². The molecule has 8 heteroatoms. The largest absolute Gasteiger partial charge is 0.325 e. The minimum atomic E-state index is -3.73. The minimum absolute atomic E-state index is 0.180. The zero-order chi connectivity index (χ0) is 17.9. The highest BCUT2D eigenvalue weighted by molar-refractivity contribution is 7.91. The van der Waals surface area contributed by atoms with Crippen molar-refractivity contribution in [3.63, 3.8) is 0 Å². The number of benzene rings is 1. The molecule has 0 aliphatic heterocycles. The molecule has 5 nitrogen and oxygen atoms in total. The van der Waals surface area contributed by atoms with Crippen LogP contribution in [0.1, 0.15) is 19.4 Å². The summed E-state index contributed by atoms with van der Waals surface area (Å²) in [4.78, 5) is 12.5. The zero-order valence-electron chi connectivity index (χ0n) is 13.5. The number of carbonyl (C=O) groups is 1. The smallest absolute Gasteiger partial charge is 0.250 e. The fraction of sp³-hybridized carbons (Fsp3) is 0.312. The van der Waals surface area contributed by atoms with E-state index in [4.69, 9.17) is 11.6 Å². The molecule has 1 aromatic heterocycles. The van der Waals surface area contributed by atoms with E-state index in [2.05, 4.69) is 10.0 Å². The Kier molecular flexibility index (Phi) is 6.03. The van der Waals surface area contributed by atoms with E-state index >= 15 is 0 Å². The topological polar surface area (TPSA) is 75.3 Å². The number of sulfonamides is 1. The highest BCUT2D eigenvalue weighted by Crippen LogP contribution is 2.21. The lowest BCUT2D eigenvalue weighted by atomic mass is 10.0. The molecule has 1 aromatic carbocycles. The number of hydrogen-bond acceptors (Lipinski definition) is 4. The third kappa shape index (κ3) is 4.57. The van der Waals surface area contributed by atoms with Crippen molar-refractivity contribution in [3.05, 3.63) is 46.3 Å². The van der Waals surface area contributed by atoms with Crippen LogP contribution in [0.15, 0.2) is 39.9 Å². The van der Waals surface area contributed by atoms with Gasteiger partial charge in [-0.3, -0.25) is 4.79 Å². The number of nitrogens with one attached hydrogen (secondary N) is 2. The monoisotopic (exact) mass is 386 g/mol. The zero-order valence-corrected chi connectivity index (χ0v) is 15.9. The molecule has 1 heterocycles. The van der Waals surface area contributed by atoms with Crippen LogP contribution in [0.2, 0.25) is 5.02 Å². The van der Waals surface area contributed by atoms with Gasteiger partial charge in [-0.1, -0.05) is 37.6 Å². The van der Waals surface area contributed by atoms with E-state index in [-0.39, 0.29) is 10.1 Å². The molecule has 0 aliphatic rings. The molecule has 1 atom stereocenters. The van der Waals surface area contributed by atoms with Gasteiger partial charge in [-0.2, -0.15) is 4.72 Å². The summed E-state index contributed by atoms with van der Waals surface area (Å²) >= 11 is 7.16. The number of halogens is 1. The van der Waals surface area contributed by atoms with Crippen molar-refractivity contribution in [1.82, 2.24) is 4.72 Å². The van der Waals surface area contributed by atoms with E-state index < -0.39 is 22.0 Å². The van der Waals surface area contributed by atoms with Gasteiger partial charge in [0.25, 0.3) is 10.0 Å². The molecule has 24 heavy (non-hydrogen) atoms. The fourth-order valence-electron chi connectivity index (χ4n) is 2.02. The maximum atomic E-state index is 12.5. The lowest BCUT2D eigenvalue weighted by molar-refractivity contribution is -0.118. The highest BCUT2D eigenvalue weighted by atomic mass is 35.5. The predicted molar refractivity (Wildman–Crippen MR) is 98.1 cm³/mol. The van der Waals surface area contributed by atoms with Gasteiger partial charge in [0.1, 0.15) is 10.3 Å². The van der Waals surface area contributed by atoms with Crippen molar-refractivity contribution < 1.29 is 13.2 Å². The Bertz CT molecular complexity index is 818. The highest BCUT2D eigenvalue weighted by Gasteiger charge is 2.29. The van der Waals surface area contributed by atoms with Crippen molar-refractivity contribution in [2.75, 3.05) is 5.32 Å². The average Bonchev–Trinajstić information content (AvgIpc) is 3.03. The Morgan fingerprint density at radius 1 is 1.25 bits per heavy atom. The van der Waals surface area contributed by atoms with Crippen LogP contribution in [-0.4, -0.2) is 20.4 Å². The second-order valence-corrected chi connectivity index (χ2v) is 9.02. The molecule has 0 aliphatic carbocycles. The first-order valence-corrected chi connectivity index (χ1v) is 10.1. The summed E-state index contributed by atoms with van der Waals surface area (Å²) in [6.45, 7) is 5.42. The lowest BCUT2D eigenvalue weighted by Gasteiger charge is -2.21. The van der Waals surface area contributed by atoms with E-state index in [1.807, 2.05) is 6.92 Å². The molecular formula is C16H19ClN2O3S2. The molecule has 130 valence electrons. The van der Waals surface area contributed by atoms with Crippen molar-refractivity contribution >= 4 is 44.6 Å². The van der Waals surface area contributed by atoms with Gasteiger partial charge in [-0.05, 0) is 42.0 Å². The minimum Gasteiger partial charge on any atom is -0.325 e. The van der Waals surface area contributed by atoms with Gasteiger partial charge in [-0.25, -0.2) is 8.42 Å². The van der Waals surface area contributed by atoms with Crippen LogP contribution >= 0.6 is 22.9 Å². The molecule has 0 unspecified atom stereocenters. The quantitative estimate of drug-likeness (QED) is 0.795. The van der Waals surface area contributed by atoms with Gasteiger partial charge in [0.05, 0.1) is 0 Å². The number of carbonyl (C=O) groups excluding carboxylic acids is 1. The molecular weight excluding hydrogens is 368 g/mol. The normalized spacial score (nSPS) is 13.0. The molecule has 1 amide bonds. The molecule has 2 rings (SSSR count). The third-order valence-corrected chi connectivity index (χ3v) is 6.68. The Balaban J connectivity index is 2.18. The second kappa shape index (κ2) is 7.65. The third-order valence-electron chi connectivity index (χ3n) is 3.43. The SMILES string of the molecule is Cc1ccc(NC(=O)[C@H](NS(=O)(=O)c2cccs2)C(C)C)cc1Cl. The van der Waals surface area contributed by atoms with Gasteiger partial charge in [0, 0.05) is 10.7 Å². The van der Waals surface area contributed by atoms with Crippen LogP contribution in [0.4, 0.5) is 5.69 Å². The van der Waals surface area contributed by atoms with Crippen molar-refractivity contribution in [1.29, 1.82) is 0 Å². The lowest BCUT2D eigenvalue weighted by Crippen LogP contribution is -2.46. The maximum absolute atomic E-state index is 12.5. The fourth-order valence-corrected chi connectivity index (χ4v) is 4.56. The first kappa shape index (κ1) is 18.9. The van der Waals surface area contributed by atoms with Gasteiger partial charge in [-0.15, -0.1) is 11.3 Å². The van der Waals surface area contributed by atoms with Gasteiger partial charge < -0.3 is 5.32 Å². The van der Waals surface area contributed by atoms with Crippen LogP contribution < -0.4 is 10.0 Å². The van der Waals surface area contributed by atoms with Crippen molar-refractivity contribution in [2.45, 2.75) is 31.0 Å². The Hall–Kier alpha value is -1.41. The van der Waals surface area contributed by atoms with Gasteiger partial charge in [0.15, 0.2) is 0 Å².